The minimum absolute atomic E-state index is 0.0483. The number of ether oxygens (including phenoxy) is 13. The van der Waals surface area contributed by atoms with Crippen molar-refractivity contribution in [3.8, 4) is 11.1 Å². The molecule has 1 unspecified atom stereocenters. The number of rotatable bonds is 42. The van der Waals surface area contributed by atoms with Crippen LogP contribution in [-0.4, -0.2) is 178 Å². The second-order valence-corrected chi connectivity index (χ2v) is 13.9. The number of fused-ring (bicyclic) bond motifs is 3. The second-order valence-electron chi connectivity index (χ2n) is 13.9. The van der Waals surface area contributed by atoms with E-state index in [1.807, 2.05) is 24.3 Å². The van der Waals surface area contributed by atoms with Crippen LogP contribution in [0.5, 0.6) is 0 Å². The Labute approximate surface area is 358 Å². The lowest BCUT2D eigenvalue weighted by molar-refractivity contribution is -0.0286. The van der Waals surface area contributed by atoms with Crippen molar-refractivity contribution in [1.29, 1.82) is 0 Å². The minimum atomic E-state index is -0.415. The number of benzene rings is 2. The molecule has 2 aromatic carbocycles. The molecule has 0 spiro atoms. The van der Waals surface area contributed by atoms with Crippen LogP contribution in [0.4, 0.5) is 4.79 Å². The quantitative estimate of drug-likeness (QED) is 0.0877. The van der Waals surface area contributed by atoms with E-state index in [2.05, 4.69) is 43.4 Å². The largest absolute Gasteiger partial charge is 0.449 e. The van der Waals surface area contributed by atoms with Gasteiger partial charge >= 0.3 is 6.09 Å². The smallest absolute Gasteiger partial charge is 0.407 e. The maximum atomic E-state index is 12.3. The van der Waals surface area contributed by atoms with Crippen LogP contribution in [0.1, 0.15) is 43.7 Å². The van der Waals surface area contributed by atoms with E-state index in [0.29, 0.717) is 177 Å². The lowest BCUT2D eigenvalue weighted by atomic mass is 9.98. The van der Waals surface area contributed by atoms with E-state index in [-0.39, 0.29) is 5.92 Å². The van der Waals surface area contributed by atoms with Crippen LogP contribution in [0, 0.1) is 5.92 Å². The fourth-order valence-corrected chi connectivity index (χ4v) is 5.84. The van der Waals surface area contributed by atoms with Crippen molar-refractivity contribution in [2.45, 2.75) is 32.6 Å². The fourth-order valence-electron chi connectivity index (χ4n) is 5.84. The molecule has 0 saturated carbocycles. The third kappa shape index (κ3) is 25.2. The molecule has 0 heterocycles. The fraction of sp³-hybridized carbons (Fsp3) is 0.711. The number of hydrogen-bond donors (Lipinski definition) is 1. The zero-order valence-corrected chi connectivity index (χ0v) is 36.3. The van der Waals surface area contributed by atoms with Crippen LogP contribution in [0.2, 0.25) is 0 Å². The summed E-state index contributed by atoms with van der Waals surface area (Å²) in [5.41, 5.74) is 4.81. The summed E-state index contributed by atoms with van der Waals surface area (Å²) < 4.78 is 71.8. The Kier molecular flexibility index (Phi) is 31.7. The van der Waals surface area contributed by atoms with E-state index < -0.39 is 6.09 Å². The van der Waals surface area contributed by atoms with Crippen LogP contribution in [0.3, 0.4) is 0 Å². The highest BCUT2D eigenvalue weighted by Gasteiger charge is 2.29. The van der Waals surface area contributed by atoms with Gasteiger partial charge in [0.25, 0.3) is 0 Å². The number of carbonyl (C=O) groups is 1. The third-order valence-electron chi connectivity index (χ3n) is 9.27. The average molecular weight is 852 g/mol. The van der Waals surface area contributed by atoms with Gasteiger partial charge in [-0.05, 0) is 34.6 Å². The van der Waals surface area contributed by atoms with Gasteiger partial charge in [-0.1, -0.05) is 68.8 Å². The number of amides is 1. The van der Waals surface area contributed by atoms with Gasteiger partial charge in [-0.2, -0.15) is 0 Å². The minimum Gasteiger partial charge on any atom is -0.449 e. The summed E-state index contributed by atoms with van der Waals surface area (Å²) >= 11 is 0. The molecule has 0 saturated heterocycles. The first-order valence-corrected chi connectivity index (χ1v) is 21.7. The van der Waals surface area contributed by atoms with Gasteiger partial charge in [0.15, 0.2) is 0 Å². The van der Waals surface area contributed by atoms with Crippen molar-refractivity contribution in [2.24, 2.45) is 5.92 Å². The molecule has 1 atom stereocenters. The Hall–Kier alpha value is -2.77. The Morgan fingerprint density at radius 1 is 0.483 bits per heavy atom. The van der Waals surface area contributed by atoms with Gasteiger partial charge < -0.3 is 66.9 Å². The second kappa shape index (κ2) is 36.8. The highest BCUT2D eigenvalue weighted by Crippen LogP contribution is 2.44. The van der Waals surface area contributed by atoms with Crippen LogP contribution in [0.15, 0.2) is 48.5 Å². The first kappa shape index (κ1) is 51.6. The number of alkyl carbamates (subject to hydrolysis) is 1. The highest BCUT2D eigenvalue weighted by molar-refractivity contribution is 5.79. The molecule has 0 aromatic heterocycles. The summed E-state index contributed by atoms with van der Waals surface area (Å²) in [5.74, 6) is 0.640. The topological polar surface area (TPSA) is 149 Å². The zero-order valence-electron chi connectivity index (χ0n) is 36.3. The SMILES string of the molecule is CCC(C)COCCOCCOCCOCCOCCOCCOCCOCCOCCOCCOCCOCCCNC(=O)OCC1c2ccccc2-c2ccccc21. The summed E-state index contributed by atoms with van der Waals surface area (Å²) in [6.07, 6.45) is 1.40. The van der Waals surface area contributed by atoms with Crippen molar-refractivity contribution in [2.75, 3.05) is 172 Å². The normalized spacial score (nSPS) is 12.8. The predicted octanol–water partition coefficient (Wildman–Crippen LogP) is 5.16. The average Bonchev–Trinajstić information content (AvgIpc) is 3.59. The van der Waals surface area contributed by atoms with Gasteiger partial charge in [0.05, 0.1) is 145 Å². The Morgan fingerprint density at radius 2 is 0.800 bits per heavy atom. The van der Waals surface area contributed by atoms with E-state index in [4.69, 9.17) is 61.6 Å². The first-order chi connectivity index (χ1) is 29.7. The molecule has 0 radical (unpaired) electrons. The Bertz CT molecular complexity index is 1260. The van der Waals surface area contributed by atoms with E-state index >= 15 is 0 Å². The van der Waals surface area contributed by atoms with Crippen molar-refractivity contribution < 1.29 is 66.4 Å². The maximum absolute atomic E-state index is 12.3. The van der Waals surface area contributed by atoms with Gasteiger partial charge in [-0.25, -0.2) is 4.79 Å². The summed E-state index contributed by atoms with van der Waals surface area (Å²) in [6.45, 7) is 17.7. The Morgan fingerprint density at radius 3 is 1.15 bits per heavy atom. The molecule has 1 aliphatic rings. The molecule has 2 aromatic rings. The van der Waals surface area contributed by atoms with Crippen LogP contribution >= 0.6 is 0 Å². The lowest BCUT2D eigenvalue weighted by Gasteiger charge is -2.14. The summed E-state index contributed by atoms with van der Waals surface area (Å²) in [5, 5.41) is 2.81. The first-order valence-electron chi connectivity index (χ1n) is 21.7. The zero-order chi connectivity index (χ0) is 42.4. The molecule has 60 heavy (non-hydrogen) atoms. The van der Waals surface area contributed by atoms with Gasteiger partial charge in [-0.15, -0.1) is 0 Å². The molecule has 342 valence electrons. The maximum Gasteiger partial charge on any atom is 0.407 e. The van der Waals surface area contributed by atoms with Gasteiger partial charge in [0, 0.05) is 25.7 Å². The molecular formula is C45H73NO14. The molecule has 1 aliphatic carbocycles. The summed E-state index contributed by atoms with van der Waals surface area (Å²) in [7, 11) is 0. The predicted molar refractivity (Wildman–Crippen MR) is 227 cm³/mol. The van der Waals surface area contributed by atoms with Gasteiger partial charge in [0.2, 0.25) is 0 Å². The van der Waals surface area contributed by atoms with Gasteiger partial charge in [-0.3, -0.25) is 0 Å². The molecule has 15 heteroatoms. The summed E-state index contributed by atoms with van der Waals surface area (Å²) in [4.78, 5) is 12.3. The molecule has 3 rings (SSSR count). The monoisotopic (exact) mass is 852 g/mol. The molecule has 1 N–H and O–H groups in total. The van der Waals surface area contributed by atoms with Gasteiger partial charge in [0.1, 0.15) is 6.61 Å². The lowest BCUT2D eigenvalue weighted by Crippen LogP contribution is -2.27. The molecule has 0 aliphatic heterocycles. The molecule has 0 fully saturated rings. The van der Waals surface area contributed by atoms with Crippen LogP contribution in [0.25, 0.3) is 11.1 Å². The highest BCUT2D eigenvalue weighted by atomic mass is 16.6. The van der Waals surface area contributed by atoms with Crippen molar-refractivity contribution in [1.82, 2.24) is 5.32 Å². The molecule has 0 bridgehead atoms. The van der Waals surface area contributed by atoms with E-state index in [1.165, 1.54) is 22.3 Å². The van der Waals surface area contributed by atoms with Crippen molar-refractivity contribution in [3.63, 3.8) is 0 Å². The standard InChI is InChI=1S/C45H73NO14/c1-3-39(2)37-59-36-35-58-34-33-57-32-31-56-30-29-55-28-27-54-26-25-53-24-23-52-22-21-51-20-19-50-18-17-49-16-15-48-14-8-13-46-45(47)60-38-44-42-11-6-4-9-40(42)41-10-5-7-12-43(41)44/h4-7,9-12,39,44H,3,8,13-38H2,1-2H3,(H,46,47). The van der Waals surface area contributed by atoms with Crippen LogP contribution < -0.4 is 5.32 Å². The molecule has 15 nitrogen and oxygen atoms in total. The molecule has 1 amide bonds. The number of carbonyl (C=O) groups excluding carboxylic acids is 1. The van der Waals surface area contributed by atoms with E-state index in [9.17, 15) is 4.79 Å². The summed E-state index contributed by atoms with van der Waals surface area (Å²) in [6, 6.07) is 16.6. The third-order valence-corrected chi connectivity index (χ3v) is 9.27. The van der Waals surface area contributed by atoms with E-state index in [0.717, 1.165) is 13.0 Å². The number of nitrogens with one attached hydrogen (secondary N) is 1. The van der Waals surface area contributed by atoms with Crippen LogP contribution in [-0.2, 0) is 61.6 Å². The number of hydrogen-bond acceptors (Lipinski definition) is 14. The van der Waals surface area contributed by atoms with Crippen molar-refractivity contribution >= 4 is 6.09 Å². The van der Waals surface area contributed by atoms with Crippen molar-refractivity contribution in [3.05, 3.63) is 59.7 Å². The Balaban J connectivity index is 0.921. The van der Waals surface area contributed by atoms with E-state index in [1.54, 1.807) is 0 Å². The molecular weight excluding hydrogens is 778 g/mol.